The molecule has 5 heteroatoms. The third kappa shape index (κ3) is 2.05. The molecule has 0 aromatic heterocycles. The molecule has 5 nitrogen and oxygen atoms in total. The predicted molar refractivity (Wildman–Crippen MR) is 52.8 cm³/mol. The molecule has 1 saturated heterocycles. The molecule has 2 aliphatic rings. The number of nitrogens with two attached hydrogens (primary N) is 1. The Morgan fingerprint density at radius 3 is 2.79 bits per heavy atom. The molecule has 0 aromatic carbocycles. The Labute approximate surface area is 83.5 Å². The first-order valence-electron chi connectivity index (χ1n) is 4.99. The van der Waals surface area contributed by atoms with Gasteiger partial charge in [0.05, 0.1) is 6.67 Å². The Hall–Kier alpha value is -1.07. The zero-order chi connectivity index (χ0) is 9.97. The van der Waals surface area contributed by atoms with Crippen molar-refractivity contribution in [1.29, 1.82) is 0 Å². The van der Waals surface area contributed by atoms with Gasteiger partial charge in [-0.25, -0.2) is 5.43 Å². The van der Waals surface area contributed by atoms with Crippen LogP contribution in [0.3, 0.4) is 0 Å². The predicted octanol–water partition coefficient (Wildman–Crippen LogP) is -0.771. The molecule has 0 aliphatic carbocycles. The van der Waals surface area contributed by atoms with E-state index in [0.717, 1.165) is 19.8 Å². The third-order valence-electron chi connectivity index (χ3n) is 2.65. The average molecular weight is 196 g/mol. The summed E-state index contributed by atoms with van der Waals surface area (Å²) in [6.45, 7) is 3.70. The first-order valence-corrected chi connectivity index (χ1v) is 4.99. The fourth-order valence-corrected chi connectivity index (χ4v) is 1.85. The molecule has 14 heavy (non-hydrogen) atoms. The van der Waals surface area contributed by atoms with E-state index in [9.17, 15) is 4.79 Å². The summed E-state index contributed by atoms with van der Waals surface area (Å²) < 4.78 is 0. The highest BCUT2D eigenvalue weighted by atomic mass is 16.1. The summed E-state index contributed by atoms with van der Waals surface area (Å²) in [5.74, 6) is -0.332. The Morgan fingerprint density at radius 1 is 1.50 bits per heavy atom. The van der Waals surface area contributed by atoms with Gasteiger partial charge in [-0.05, 0) is 25.9 Å². The Morgan fingerprint density at radius 2 is 2.21 bits per heavy atom. The summed E-state index contributed by atoms with van der Waals surface area (Å²) in [5.41, 5.74) is 8.95. The van der Waals surface area contributed by atoms with Gasteiger partial charge >= 0.3 is 0 Å². The average Bonchev–Trinajstić information content (AvgIpc) is 2.75. The van der Waals surface area contributed by atoms with Gasteiger partial charge in [0, 0.05) is 18.3 Å². The number of nitrogens with zero attached hydrogens (tertiary/aromatic N) is 2. The van der Waals surface area contributed by atoms with Crippen LogP contribution in [0.15, 0.2) is 11.8 Å². The SMILES string of the molecule is NC(=O)C1=CN(CN2CCCC2)NC1. The van der Waals surface area contributed by atoms with E-state index >= 15 is 0 Å². The van der Waals surface area contributed by atoms with Crippen LogP contribution in [0.25, 0.3) is 0 Å². The number of amides is 1. The van der Waals surface area contributed by atoms with Crippen LogP contribution in [-0.4, -0.2) is 42.1 Å². The summed E-state index contributed by atoms with van der Waals surface area (Å²) in [6, 6.07) is 0. The van der Waals surface area contributed by atoms with Crippen LogP contribution in [0.4, 0.5) is 0 Å². The van der Waals surface area contributed by atoms with Gasteiger partial charge in [-0.2, -0.15) is 0 Å². The minimum atomic E-state index is -0.332. The van der Waals surface area contributed by atoms with Gasteiger partial charge in [0.2, 0.25) is 5.91 Å². The monoisotopic (exact) mass is 196 g/mol. The summed E-state index contributed by atoms with van der Waals surface area (Å²) in [7, 11) is 0. The number of hydrazine groups is 1. The lowest BCUT2D eigenvalue weighted by molar-refractivity contribution is -0.114. The van der Waals surface area contributed by atoms with E-state index in [4.69, 9.17) is 5.73 Å². The molecule has 2 heterocycles. The van der Waals surface area contributed by atoms with Gasteiger partial charge in [0.1, 0.15) is 0 Å². The molecule has 2 rings (SSSR count). The zero-order valence-electron chi connectivity index (χ0n) is 8.20. The van der Waals surface area contributed by atoms with E-state index in [1.165, 1.54) is 12.8 Å². The Kier molecular flexibility index (Phi) is 2.69. The molecule has 1 fully saturated rings. The molecule has 0 bridgehead atoms. The Bertz CT molecular complexity index is 258. The topological polar surface area (TPSA) is 61.6 Å². The van der Waals surface area contributed by atoms with Crippen LogP contribution >= 0.6 is 0 Å². The summed E-state index contributed by atoms with van der Waals surface area (Å²) in [5, 5.41) is 1.94. The molecular weight excluding hydrogens is 180 g/mol. The maximum atomic E-state index is 10.9. The highest BCUT2D eigenvalue weighted by Crippen LogP contribution is 2.10. The normalized spacial score (nSPS) is 22.9. The van der Waals surface area contributed by atoms with Crippen molar-refractivity contribution in [2.45, 2.75) is 12.8 Å². The molecule has 78 valence electrons. The standard InChI is InChI=1S/C9H16N4O/c10-9(14)8-5-11-13(6-8)7-12-3-1-2-4-12/h6,11H,1-5,7H2,(H2,10,14). The number of carbonyl (C=O) groups excluding carboxylic acids is 1. The van der Waals surface area contributed by atoms with Crippen LogP contribution in [0.1, 0.15) is 12.8 Å². The molecule has 0 aromatic rings. The summed E-state index contributed by atoms with van der Waals surface area (Å²) in [4.78, 5) is 13.2. The van der Waals surface area contributed by atoms with E-state index in [2.05, 4.69) is 10.3 Å². The fraction of sp³-hybridized carbons (Fsp3) is 0.667. The number of likely N-dealkylation sites (tertiary alicyclic amines) is 1. The van der Waals surface area contributed by atoms with Crippen LogP contribution in [0.2, 0.25) is 0 Å². The number of hydrogen-bond acceptors (Lipinski definition) is 4. The molecule has 2 aliphatic heterocycles. The second-order valence-corrected chi connectivity index (χ2v) is 3.79. The van der Waals surface area contributed by atoms with E-state index in [-0.39, 0.29) is 5.91 Å². The van der Waals surface area contributed by atoms with Crippen molar-refractivity contribution < 1.29 is 4.79 Å². The number of hydrogen-bond donors (Lipinski definition) is 2. The first-order chi connectivity index (χ1) is 6.75. The number of rotatable bonds is 3. The van der Waals surface area contributed by atoms with Crippen molar-refractivity contribution >= 4 is 5.91 Å². The lowest BCUT2D eigenvalue weighted by Gasteiger charge is -2.22. The van der Waals surface area contributed by atoms with Gasteiger partial charge < -0.3 is 10.7 Å². The van der Waals surface area contributed by atoms with Gasteiger partial charge in [0.25, 0.3) is 0 Å². The highest BCUT2D eigenvalue weighted by molar-refractivity contribution is 5.92. The number of carbonyl (C=O) groups is 1. The molecule has 0 radical (unpaired) electrons. The summed E-state index contributed by atoms with van der Waals surface area (Å²) in [6.07, 6.45) is 4.36. The fourth-order valence-electron chi connectivity index (χ4n) is 1.85. The second kappa shape index (κ2) is 3.98. The maximum Gasteiger partial charge on any atom is 0.247 e. The molecule has 0 spiro atoms. The van der Waals surface area contributed by atoms with E-state index in [1.54, 1.807) is 6.20 Å². The van der Waals surface area contributed by atoms with Gasteiger partial charge in [-0.15, -0.1) is 0 Å². The van der Waals surface area contributed by atoms with Crippen LogP contribution in [0, 0.1) is 0 Å². The van der Waals surface area contributed by atoms with Crippen molar-refractivity contribution in [3.63, 3.8) is 0 Å². The lowest BCUT2D eigenvalue weighted by atomic mass is 10.3. The van der Waals surface area contributed by atoms with E-state index in [0.29, 0.717) is 12.1 Å². The minimum Gasteiger partial charge on any atom is -0.366 e. The minimum absolute atomic E-state index is 0.332. The summed E-state index contributed by atoms with van der Waals surface area (Å²) >= 11 is 0. The van der Waals surface area contributed by atoms with Gasteiger partial charge in [-0.3, -0.25) is 9.69 Å². The Balaban J connectivity index is 1.85. The lowest BCUT2D eigenvalue weighted by Crippen LogP contribution is -2.38. The van der Waals surface area contributed by atoms with Crippen LogP contribution < -0.4 is 11.2 Å². The second-order valence-electron chi connectivity index (χ2n) is 3.79. The maximum absolute atomic E-state index is 10.9. The van der Waals surface area contributed by atoms with Crippen molar-refractivity contribution in [3.8, 4) is 0 Å². The largest absolute Gasteiger partial charge is 0.366 e. The van der Waals surface area contributed by atoms with Crippen LogP contribution in [0.5, 0.6) is 0 Å². The van der Waals surface area contributed by atoms with Gasteiger partial charge in [0.15, 0.2) is 0 Å². The zero-order valence-corrected chi connectivity index (χ0v) is 8.20. The molecule has 3 N–H and O–H groups in total. The van der Waals surface area contributed by atoms with Crippen molar-refractivity contribution in [2.75, 3.05) is 26.3 Å². The van der Waals surface area contributed by atoms with Gasteiger partial charge in [-0.1, -0.05) is 0 Å². The first kappa shape index (κ1) is 9.48. The van der Waals surface area contributed by atoms with Crippen molar-refractivity contribution in [1.82, 2.24) is 15.3 Å². The van der Waals surface area contributed by atoms with Crippen molar-refractivity contribution in [3.05, 3.63) is 11.8 Å². The number of primary amides is 1. The molecule has 1 amide bonds. The quantitative estimate of drug-likeness (QED) is 0.622. The number of nitrogens with one attached hydrogen (secondary N) is 1. The third-order valence-corrected chi connectivity index (χ3v) is 2.65. The highest BCUT2D eigenvalue weighted by Gasteiger charge is 2.19. The molecule has 0 saturated carbocycles. The molecule has 0 atom stereocenters. The van der Waals surface area contributed by atoms with Crippen molar-refractivity contribution in [2.24, 2.45) is 5.73 Å². The van der Waals surface area contributed by atoms with Crippen LogP contribution in [-0.2, 0) is 4.79 Å². The molecule has 0 unspecified atom stereocenters. The molecular formula is C9H16N4O. The van der Waals surface area contributed by atoms with E-state index < -0.39 is 0 Å². The smallest absolute Gasteiger partial charge is 0.247 e. The van der Waals surface area contributed by atoms with E-state index in [1.807, 2.05) is 5.01 Å².